The molecule has 6 heteroatoms. The van der Waals surface area contributed by atoms with E-state index in [0.29, 0.717) is 24.4 Å². The fraction of sp³-hybridized carbons (Fsp3) is 0.357. The molecule has 0 aliphatic carbocycles. The Morgan fingerprint density at radius 1 is 1.25 bits per heavy atom. The molecule has 0 spiro atoms. The van der Waals surface area contributed by atoms with Crippen molar-refractivity contribution in [1.29, 1.82) is 0 Å². The van der Waals surface area contributed by atoms with Gasteiger partial charge in [0, 0.05) is 5.69 Å². The van der Waals surface area contributed by atoms with Crippen LogP contribution < -0.4 is 10.2 Å². The number of nitrogens with zero attached hydrogens (tertiary/aromatic N) is 2. The van der Waals surface area contributed by atoms with E-state index in [1.807, 2.05) is 18.5 Å². The van der Waals surface area contributed by atoms with E-state index < -0.39 is 7.12 Å². The highest BCUT2D eigenvalue weighted by molar-refractivity contribution is 6.58. The zero-order chi connectivity index (χ0) is 14.7. The van der Waals surface area contributed by atoms with Gasteiger partial charge in [-0.3, -0.25) is 4.68 Å². The molecule has 1 aromatic heterocycles. The molecule has 1 heterocycles. The van der Waals surface area contributed by atoms with E-state index in [-0.39, 0.29) is 0 Å². The Morgan fingerprint density at radius 2 is 2.00 bits per heavy atom. The van der Waals surface area contributed by atoms with Gasteiger partial charge < -0.3 is 14.8 Å². The predicted molar refractivity (Wildman–Crippen MR) is 78.2 cm³/mol. The lowest BCUT2D eigenvalue weighted by molar-refractivity contribution is 0.289. The number of aromatic nitrogens is 2. The lowest BCUT2D eigenvalue weighted by Gasteiger charge is -2.09. The number of hydrogen-bond donors (Lipinski definition) is 2. The third-order valence-corrected chi connectivity index (χ3v) is 3.47. The first kappa shape index (κ1) is 14.6. The van der Waals surface area contributed by atoms with Crippen LogP contribution in [0.1, 0.15) is 17.0 Å². The smallest absolute Gasteiger partial charge is 0.488 e. The monoisotopic (exact) mass is 274 g/mol. The van der Waals surface area contributed by atoms with Gasteiger partial charge in [0.1, 0.15) is 12.4 Å². The van der Waals surface area contributed by atoms with Crippen LogP contribution in [-0.2, 0) is 6.54 Å². The van der Waals surface area contributed by atoms with E-state index in [0.717, 1.165) is 11.4 Å². The van der Waals surface area contributed by atoms with Crippen molar-refractivity contribution in [3.63, 3.8) is 0 Å². The van der Waals surface area contributed by atoms with Crippen LogP contribution in [0.2, 0.25) is 0 Å². The van der Waals surface area contributed by atoms with Gasteiger partial charge >= 0.3 is 7.12 Å². The minimum atomic E-state index is -1.47. The van der Waals surface area contributed by atoms with Crippen LogP contribution in [0.3, 0.4) is 0 Å². The Hall–Kier alpha value is -1.79. The topological polar surface area (TPSA) is 67.5 Å². The van der Waals surface area contributed by atoms with Crippen LogP contribution in [0, 0.1) is 20.8 Å². The minimum Gasteiger partial charge on any atom is -0.492 e. The van der Waals surface area contributed by atoms with Gasteiger partial charge in [-0.25, -0.2) is 0 Å². The lowest BCUT2D eigenvalue weighted by Crippen LogP contribution is -2.29. The van der Waals surface area contributed by atoms with E-state index in [4.69, 9.17) is 14.8 Å². The SMILES string of the molecule is Cc1nn(CCOc2cccc(B(O)O)c2)c(C)c1C. The fourth-order valence-corrected chi connectivity index (χ4v) is 2.02. The first-order valence-electron chi connectivity index (χ1n) is 6.58. The number of benzene rings is 1. The zero-order valence-corrected chi connectivity index (χ0v) is 12.0. The largest absolute Gasteiger partial charge is 0.492 e. The van der Waals surface area contributed by atoms with Crippen LogP contribution in [0.15, 0.2) is 24.3 Å². The van der Waals surface area contributed by atoms with Gasteiger partial charge in [-0.2, -0.15) is 5.10 Å². The van der Waals surface area contributed by atoms with Gasteiger partial charge in [-0.05, 0) is 43.9 Å². The second-order valence-corrected chi connectivity index (χ2v) is 4.81. The van der Waals surface area contributed by atoms with E-state index in [1.54, 1.807) is 24.3 Å². The molecule has 0 bridgehead atoms. The van der Waals surface area contributed by atoms with Gasteiger partial charge in [-0.1, -0.05) is 12.1 Å². The maximum atomic E-state index is 9.11. The van der Waals surface area contributed by atoms with Crippen molar-refractivity contribution in [2.45, 2.75) is 27.3 Å². The van der Waals surface area contributed by atoms with Gasteiger partial charge in [0.2, 0.25) is 0 Å². The van der Waals surface area contributed by atoms with Crippen LogP contribution in [0.5, 0.6) is 5.75 Å². The molecule has 0 aliphatic rings. The molecule has 0 saturated heterocycles. The number of hydrogen-bond acceptors (Lipinski definition) is 4. The second kappa shape index (κ2) is 6.11. The molecule has 0 atom stereocenters. The first-order valence-corrected chi connectivity index (χ1v) is 6.58. The summed E-state index contributed by atoms with van der Waals surface area (Å²) in [6.07, 6.45) is 0. The molecule has 106 valence electrons. The summed E-state index contributed by atoms with van der Waals surface area (Å²) in [7, 11) is -1.47. The fourth-order valence-electron chi connectivity index (χ4n) is 2.02. The summed E-state index contributed by atoms with van der Waals surface area (Å²) in [5.41, 5.74) is 3.80. The Balaban J connectivity index is 1.96. The molecule has 0 unspecified atom stereocenters. The van der Waals surface area contributed by atoms with Crippen molar-refractivity contribution in [2.24, 2.45) is 0 Å². The second-order valence-electron chi connectivity index (χ2n) is 4.81. The van der Waals surface area contributed by atoms with Crippen LogP contribution >= 0.6 is 0 Å². The lowest BCUT2D eigenvalue weighted by atomic mass is 9.80. The van der Waals surface area contributed by atoms with Crippen molar-refractivity contribution in [3.8, 4) is 5.75 Å². The average molecular weight is 274 g/mol. The van der Waals surface area contributed by atoms with Gasteiger partial charge in [0.05, 0.1) is 12.2 Å². The first-order chi connectivity index (χ1) is 9.49. The molecule has 2 aromatic rings. The molecular weight excluding hydrogens is 255 g/mol. The summed E-state index contributed by atoms with van der Waals surface area (Å²) in [5, 5.41) is 22.7. The molecule has 1 aromatic carbocycles. The third-order valence-electron chi connectivity index (χ3n) is 3.47. The summed E-state index contributed by atoms with van der Waals surface area (Å²) < 4.78 is 7.55. The normalized spacial score (nSPS) is 10.7. The number of ether oxygens (including phenoxy) is 1. The number of rotatable bonds is 5. The molecule has 0 aliphatic heterocycles. The summed E-state index contributed by atoms with van der Waals surface area (Å²) in [5.74, 6) is 0.619. The average Bonchev–Trinajstić information content (AvgIpc) is 2.67. The highest BCUT2D eigenvalue weighted by Crippen LogP contribution is 2.11. The third kappa shape index (κ3) is 3.21. The molecule has 2 N–H and O–H groups in total. The molecule has 5 nitrogen and oxygen atoms in total. The standard InChI is InChI=1S/C14H19BN2O3/c1-10-11(2)16-17(12(10)3)7-8-20-14-6-4-5-13(9-14)15(18)19/h4-6,9,18-19H,7-8H2,1-3H3. The summed E-state index contributed by atoms with van der Waals surface area (Å²) >= 11 is 0. The van der Waals surface area contributed by atoms with E-state index in [9.17, 15) is 0 Å². The maximum absolute atomic E-state index is 9.11. The molecule has 0 fully saturated rings. The Morgan fingerprint density at radius 3 is 2.60 bits per heavy atom. The Labute approximate surface area is 119 Å². The highest BCUT2D eigenvalue weighted by atomic mass is 16.5. The molecular formula is C14H19BN2O3. The Kier molecular flexibility index (Phi) is 4.47. The van der Waals surface area contributed by atoms with Crippen molar-refractivity contribution in [2.75, 3.05) is 6.61 Å². The minimum absolute atomic E-state index is 0.421. The number of aryl methyl sites for hydroxylation is 1. The quantitative estimate of drug-likeness (QED) is 0.782. The maximum Gasteiger partial charge on any atom is 0.488 e. The van der Waals surface area contributed by atoms with Gasteiger partial charge in [0.15, 0.2) is 0 Å². The summed E-state index contributed by atoms with van der Waals surface area (Å²) in [6.45, 7) is 7.23. The van der Waals surface area contributed by atoms with Crippen molar-refractivity contribution < 1.29 is 14.8 Å². The molecule has 0 radical (unpaired) electrons. The van der Waals surface area contributed by atoms with Gasteiger partial charge in [0.25, 0.3) is 0 Å². The van der Waals surface area contributed by atoms with E-state index in [2.05, 4.69) is 12.0 Å². The highest BCUT2D eigenvalue weighted by Gasteiger charge is 2.11. The summed E-state index contributed by atoms with van der Waals surface area (Å²) in [6, 6.07) is 6.79. The van der Waals surface area contributed by atoms with E-state index >= 15 is 0 Å². The summed E-state index contributed by atoms with van der Waals surface area (Å²) in [4.78, 5) is 0. The van der Waals surface area contributed by atoms with Crippen molar-refractivity contribution in [3.05, 3.63) is 41.2 Å². The van der Waals surface area contributed by atoms with E-state index in [1.165, 1.54) is 5.56 Å². The van der Waals surface area contributed by atoms with Gasteiger partial charge in [-0.15, -0.1) is 0 Å². The van der Waals surface area contributed by atoms with Crippen LogP contribution in [0.4, 0.5) is 0 Å². The van der Waals surface area contributed by atoms with Crippen molar-refractivity contribution >= 4 is 12.6 Å². The molecule has 0 saturated carbocycles. The van der Waals surface area contributed by atoms with Crippen LogP contribution in [-0.4, -0.2) is 33.6 Å². The molecule has 20 heavy (non-hydrogen) atoms. The molecule has 2 rings (SSSR count). The van der Waals surface area contributed by atoms with Crippen molar-refractivity contribution in [1.82, 2.24) is 9.78 Å². The Bertz CT molecular complexity index is 596. The predicted octanol–water partition coefficient (Wildman–Crippen LogP) is 0.567. The zero-order valence-electron chi connectivity index (χ0n) is 12.0. The molecule has 0 amide bonds. The van der Waals surface area contributed by atoms with Crippen LogP contribution in [0.25, 0.3) is 0 Å².